The summed E-state index contributed by atoms with van der Waals surface area (Å²) in [5, 5.41) is 3.51. The van der Waals surface area contributed by atoms with Crippen LogP contribution in [0.5, 0.6) is 5.75 Å². The van der Waals surface area contributed by atoms with E-state index < -0.39 is 0 Å². The average Bonchev–Trinajstić information content (AvgIpc) is 2.66. The van der Waals surface area contributed by atoms with Gasteiger partial charge < -0.3 is 15.0 Å². The summed E-state index contributed by atoms with van der Waals surface area (Å²) in [7, 11) is 1.58. The lowest BCUT2D eigenvalue weighted by Crippen LogP contribution is -2.32. The van der Waals surface area contributed by atoms with Gasteiger partial charge in [-0.15, -0.1) is 0 Å². The molecule has 2 rings (SSSR count). The summed E-state index contributed by atoms with van der Waals surface area (Å²) in [5.41, 5.74) is 0.886. The van der Waals surface area contributed by atoms with E-state index in [4.69, 9.17) is 4.74 Å². The number of methoxy groups -OCH3 is 1. The Labute approximate surface area is 121 Å². The van der Waals surface area contributed by atoms with Gasteiger partial charge in [0.15, 0.2) is 0 Å². The second kappa shape index (κ2) is 6.93. The summed E-state index contributed by atoms with van der Waals surface area (Å²) in [6.07, 6.45) is 3.45. The Morgan fingerprint density at radius 1 is 1.30 bits per heavy atom. The van der Waals surface area contributed by atoms with Gasteiger partial charge >= 0.3 is 0 Å². The number of benzene rings is 1. The van der Waals surface area contributed by atoms with Crippen molar-refractivity contribution in [3.63, 3.8) is 0 Å². The molecule has 1 aromatic carbocycles. The van der Waals surface area contributed by atoms with Crippen LogP contribution in [0.4, 0.5) is 10.1 Å². The van der Waals surface area contributed by atoms with E-state index in [0.29, 0.717) is 17.8 Å². The van der Waals surface area contributed by atoms with Gasteiger partial charge in [-0.2, -0.15) is 0 Å². The van der Waals surface area contributed by atoms with Crippen molar-refractivity contribution in [2.45, 2.75) is 45.2 Å². The molecular formula is C16H25FN2O. The minimum Gasteiger partial charge on any atom is -0.494 e. The molecular weight excluding hydrogens is 255 g/mol. The van der Waals surface area contributed by atoms with Crippen molar-refractivity contribution in [1.82, 2.24) is 4.90 Å². The topological polar surface area (TPSA) is 24.5 Å². The van der Waals surface area contributed by atoms with Gasteiger partial charge in [-0.05, 0) is 51.8 Å². The molecule has 1 aliphatic heterocycles. The minimum absolute atomic E-state index is 0.265. The summed E-state index contributed by atoms with van der Waals surface area (Å²) in [6.45, 7) is 6.77. The predicted octanol–water partition coefficient (Wildman–Crippen LogP) is 3.51. The van der Waals surface area contributed by atoms with Crippen LogP contribution in [0, 0.1) is 5.82 Å². The minimum atomic E-state index is -0.265. The molecule has 1 heterocycles. The lowest BCUT2D eigenvalue weighted by molar-refractivity contribution is 0.230. The van der Waals surface area contributed by atoms with E-state index in [1.165, 1.54) is 18.6 Å². The second-order valence-electron chi connectivity index (χ2n) is 5.75. The highest BCUT2D eigenvalue weighted by Crippen LogP contribution is 2.27. The lowest BCUT2D eigenvalue weighted by atomic mass is 10.1. The van der Waals surface area contributed by atoms with Crippen LogP contribution in [0.1, 0.15) is 33.1 Å². The summed E-state index contributed by atoms with van der Waals surface area (Å²) < 4.78 is 18.4. The Kier molecular flexibility index (Phi) is 5.24. The monoisotopic (exact) mass is 280 g/mol. The molecule has 0 spiro atoms. The fourth-order valence-electron chi connectivity index (χ4n) is 2.78. The first-order chi connectivity index (χ1) is 9.60. The number of hydrogen-bond acceptors (Lipinski definition) is 3. The van der Waals surface area contributed by atoms with E-state index in [9.17, 15) is 4.39 Å². The van der Waals surface area contributed by atoms with Crippen molar-refractivity contribution < 1.29 is 9.13 Å². The molecule has 1 fully saturated rings. The molecule has 0 saturated carbocycles. The molecule has 0 bridgehead atoms. The average molecular weight is 280 g/mol. The maximum atomic E-state index is 13.2. The first kappa shape index (κ1) is 15.1. The van der Waals surface area contributed by atoms with Crippen LogP contribution in [-0.2, 0) is 0 Å². The molecule has 1 aromatic rings. The van der Waals surface area contributed by atoms with Crippen LogP contribution >= 0.6 is 0 Å². The molecule has 4 heteroatoms. The smallest absolute Gasteiger partial charge is 0.144 e. The van der Waals surface area contributed by atoms with E-state index in [2.05, 4.69) is 24.1 Å². The third-order valence-electron chi connectivity index (χ3n) is 4.02. The second-order valence-corrected chi connectivity index (χ2v) is 5.75. The maximum Gasteiger partial charge on any atom is 0.144 e. The molecule has 1 atom stereocenters. The molecule has 0 aliphatic carbocycles. The maximum absolute atomic E-state index is 13.2. The van der Waals surface area contributed by atoms with Gasteiger partial charge in [0.2, 0.25) is 0 Å². The van der Waals surface area contributed by atoms with Crippen molar-refractivity contribution in [3.8, 4) is 5.75 Å². The van der Waals surface area contributed by atoms with E-state index in [0.717, 1.165) is 31.6 Å². The van der Waals surface area contributed by atoms with Gasteiger partial charge in [0.1, 0.15) is 11.6 Å². The van der Waals surface area contributed by atoms with Crippen molar-refractivity contribution in [2.24, 2.45) is 0 Å². The highest BCUT2D eigenvalue weighted by atomic mass is 19.1. The van der Waals surface area contributed by atoms with E-state index in [1.54, 1.807) is 13.2 Å². The standard InChI is InChI=1S/C16H25FN2O/c1-12(2)19-9-4-5-14(8-10-19)18-15-7-6-13(17)11-16(15)20-3/h6-7,11-12,14,18H,4-5,8-10H2,1-3H3. The zero-order valence-electron chi connectivity index (χ0n) is 12.7. The van der Waals surface area contributed by atoms with Gasteiger partial charge in [-0.25, -0.2) is 4.39 Å². The first-order valence-electron chi connectivity index (χ1n) is 7.44. The number of likely N-dealkylation sites (tertiary alicyclic amines) is 1. The molecule has 0 radical (unpaired) electrons. The summed E-state index contributed by atoms with van der Waals surface area (Å²) in [4.78, 5) is 2.52. The quantitative estimate of drug-likeness (QED) is 0.913. The third kappa shape index (κ3) is 3.85. The van der Waals surface area contributed by atoms with Crippen LogP contribution in [0.15, 0.2) is 18.2 Å². The number of ether oxygens (including phenoxy) is 1. The number of halogens is 1. The van der Waals surface area contributed by atoms with Crippen molar-refractivity contribution >= 4 is 5.69 Å². The Hall–Kier alpha value is -1.29. The van der Waals surface area contributed by atoms with E-state index in [-0.39, 0.29) is 5.82 Å². The van der Waals surface area contributed by atoms with Crippen LogP contribution in [0.3, 0.4) is 0 Å². The normalized spacial score (nSPS) is 20.8. The fraction of sp³-hybridized carbons (Fsp3) is 0.625. The van der Waals surface area contributed by atoms with Gasteiger partial charge in [0.25, 0.3) is 0 Å². The van der Waals surface area contributed by atoms with Crippen LogP contribution in [0.2, 0.25) is 0 Å². The first-order valence-corrected chi connectivity index (χ1v) is 7.44. The fourth-order valence-corrected chi connectivity index (χ4v) is 2.78. The van der Waals surface area contributed by atoms with Gasteiger partial charge in [-0.1, -0.05) is 0 Å². The molecule has 1 N–H and O–H groups in total. The van der Waals surface area contributed by atoms with Gasteiger partial charge in [-0.3, -0.25) is 0 Å². The molecule has 1 aliphatic rings. The van der Waals surface area contributed by atoms with Crippen LogP contribution < -0.4 is 10.1 Å². The van der Waals surface area contributed by atoms with Gasteiger partial charge in [0.05, 0.1) is 12.8 Å². The third-order valence-corrected chi connectivity index (χ3v) is 4.02. The number of nitrogens with zero attached hydrogens (tertiary/aromatic N) is 1. The van der Waals surface area contributed by atoms with Crippen LogP contribution in [-0.4, -0.2) is 37.2 Å². The number of anilines is 1. The predicted molar refractivity (Wildman–Crippen MR) is 80.9 cm³/mol. The SMILES string of the molecule is COc1cc(F)ccc1NC1CCCN(C(C)C)CC1. The number of rotatable bonds is 4. The van der Waals surface area contributed by atoms with Crippen molar-refractivity contribution in [2.75, 3.05) is 25.5 Å². The highest BCUT2D eigenvalue weighted by molar-refractivity contribution is 5.57. The molecule has 3 nitrogen and oxygen atoms in total. The largest absolute Gasteiger partial charge is 0.494 e. The Balaban J connectivity index is 2.00. The number of hydrogen-bond donors (Lipinski definition) is 1. The Morgan fingerprint density at radius 2 is 2.10 bits per heavy atom. The van der Waals surface area contributed by atoms with E-state index in [1.807, 2.05) is 0 Å². The van der Waals surface area contributed by atoms with Gasteiger partial charge in [0, 0.05) is 24.7 Å². The Morgan fingerprint density at radius 3 is 2.80 bits per heavy atom. The number of nitrogens with one attached hydrogen (secondary N) is 1. The Bertz CT molecular complexity index is 436. The lowest BCUT2D eigenvalue weighted by Gasteiger charge is -2.24. The molecule has 1 saturated heterocycles. The van der Waals surface area contributed by atoms with Crippen molar-refractivity contribution in [3.05, 3.63) is 24.0 Å². The summed E-state index contributed by atoms with van der Waals surface area (Å²) in [6, 6.07) is 5.70. The molecule has 0 aromatic heterocycles. The zero-order chi connectivity index (χ0) is 14.5. The van der Waals surface area contributed by atoms with E-state index >= 15 is 0 Å². The summed E-state index contributed by atoms with van der Waals surface area (Å²) in [5.74, 6) is 0.314. The van der Waals surface area contributed by atoms with Crippen LogP contribution in [0.25, 0.3) is 0 Å². The summed E-state index contributed by atoms with van der Waals surface area (Å²) >= 11 is 0. The molecule has 1 unspecified atom stereocenters. The van der Waals surface area contributed by atoms with Crippen molar-refractivity contribution in [1.29, 1.82) is 0 Å². The molecule has 20 heavy (non-hydrogen) atoms. The highest BCUT2D eigenvalue weighted by Gasteiger charge is 2.19. The molecule has 0 amide bonds. The molecule has 112 valence electrons. The zero-order valence-corrected chi connectivity index (χ0v) is 12.7.